The van der Waals surface area contributed by atoms with Gasteiger partial charge in [-0.05, 0) is 61.3 Å². The van der Waals surface area contributed by atoms with E-state index in [1.165, 1.54) is 30.6 Å². The number of likely N-dealkylation sites (tertiary alicyclic amines) is 1. The van der Waals surface area contributed by atoms with Crippen molar-refractivity contribution in [2.75, 3.05) is 31.5 Å². The van der Waals surface area contributed by atoms with Gasteiger partial charge in [-0.25, -0.2) is 4.39 Å². The molecule has 2 aromatic rings. The van der Waals surface area contributed by atoms with Gasteiger partial charge in [0.25, 0.3) is 11.8 Å². The molecule has 3 unspecified atom stereocenters. The van der Waals surface area contributed by atoms with Crippen LogP contribution >= 0.6 is 0 Å². The number of piperidine rings is 1. The number of nitrogens with two attached hydrogens (primary N) is 1. The van der Waals surface area contributed by atoms with E-state index in [9.17, 15) is 23.9 Å². The number of aliphatic hydroxyl groups excluding tert-OH is 1. The molecule has 1 saturated heterocycles. The third kappa shape index (κ3) is 5.37. The van der Waals surface area contributed by atoms with Crippen LogP contribution in [0.1, 0.15) is 28.8 Å². The number of carbonyl (C=O) groups excluding carboxylic acids is 3. The van der Waals surface area contributed by atoms with Crippen molar-refractivity contribution in [3.63, 3.8) is 0 Å². The van der Waals surface area contributed by atoms with Gasteiger partial charge in [0.05, 0.1) is 12.4 Å². The molecule has 0 bridgehead atoms. The highest BCUT2D eigenvalue weighted by Gasteiger charge is 2.52. The summed E-state index contributed by atoms with van der Waals surface area (Å²) < 4.78 is 13.1. The number of aliphatic hydroxyl groups is 1. The largest absolute Gasteiger partial charge is 0.392 e. The van der Waals surface area contributed by atoms with Gasteiger partial charge in [-0.15, -0.1) is 0 Å². The predicted octanol–water partition coefficient (Wildman–Crippen LogP) is 0.332. The number of primary amides is 1. The van der Waals surface area contributed by atoms with E-state index in [0.717, 1.165) is 19.4 Å². The summed E-state index contributed by atoms with van der Waals surface area (Å²) in [5.41, 5.74) is 5.31. The van der Waals surface area contributed by atoms with E-state index in [4.69, 9.17) is 5.73 Å². The molecule has 2 aliphatic heterocycles. The topological polar surface area (TPSA) is 149 Å². The van der Waals surface area contributed by atoms with Gasteiger partial charge in [-0.2, -0.15) is 0 Å². The fourth-order valence-corrected chi connectivity index (χ4v) is 4.55. The fourth-order valence-electron chi connectivity index (χ4n) is 4.55. The second-order valence-electron chi connectivity index (χ2n) is 8.92. The smallest absolute Gasteiger partial charge is 0.255 e. The maximum absolute atomic E-state index is 13.1. The Morgan fingerprint density at radius 3 is 2.56 bits per heavy atom. The molecule has 2 aliphatic rings. The van der Waals surface area contributed by atoms with Crippen LogP contribution in [0.4, 0.5) is 10.1 Å². The number of rotatable bonds is 8. The van der Waals surface area contributed by atoms with E-state index < -0.39 is 35.1 Å². The zero-order valence-electron chi connectivity index (χ0n) is 19.6. The quantitative estimate of drug-likeness (QED) is 0.356. The summed E-state index contributed by atoms with van der Waals surface area (Å²) in [5, 5.41) is 18.2. The first-order valence-corrected chi connectivity index (χ1v) is 11.7. The predicted molar refractivity (Wildman–Crippen MR) is 132 cm³/mol. The molecule has 0 radical (unpaired) electrons. The van der Waals surface area contributed by atoms with Gasteiger partial charge in [0.15, 0.2) is 11.6 Å². The number of halogens is 1. The van der Waals surface area contributed by atoms with Crippen LogP contribution in [0.25, 0.3) is 0 Å². The van der Waals surface area contributed by atoms with Crippen molar-refractivity contribution in [3.05, 3.63) is 65.5 Å². The van der Waals surface area contributed by atoms with Gasteiger partial charge in [0, 0.05) is 30.9 Å². The molecule has 2 heterocycles. The van der Waals surface area contributed by atoms with Crippen molar-refractivity contribution in [1.29, 1.82) is 0 Å². The van der Waals surface area contributed by atoms with Crippen molar-refractivity contribution < 1.29 is 23.9 Å². The first-order chi connectivity index (χ1) is 17.3. The molecule has 0 saturated carbocycles. The van der Waals surface area contributed by atoms with E-state index >= 15 is 0 Å². The lowest BCUT2D eigenvalue weighted by molar-refractivity contribution is -0.131. The van der Waals surface area contributed by atoms with Crippen molar-refractivity contribution in [2.45, 2.75) is 30.5 Å². The number of hydrogen-bond donors (Lipinski definition) is 5. The zero-order chi connectivity index (χ0) is 25.7. The molecule has 0 aromatic heterocycles. The second-order valence-corrected chi connectivity index (χ2v) is 8.92. The lowest BCUT2D eigenvalue weighted by Crippen LogP contribution is -2.60. The Hall–Kier alpha value is -3.83. The van der Waals surface area contributed by atoms with Crippen molar-refractivity contribution in [3.8, 4) is 0 Å². The zero-order valence-corrected chi connectivity index (χ0v) is 19.6. The molecule has 4 rings (SSSR count). The highest BCUT2D eigenvalue weighted by atomic mass is 19.1. The Balaban J connectivity index is 1.43. The van der Waals surface area contributed by atoms with Crippen LogP contribution in [0.5, 0.6) is 0 Å². The minimum absolute atomic E-state index is 0.288. The van der Waals surface area contributed by atoms with Crippen LogP contribution < -0.4 is 21.7 Å². The highest BCUT2D eigenvalue weighted by molar-refractivity contribution is 6.04. The monoisotopic (exact) mass is 496 g/mol. The minimum atomic E-state index is -1.59. The first kappa shape index (κ1) is 25.3. The van der Waals surface area contributed by atoms with Gasteiger partial charge in [-0.1, -0.05) is 12.1 Å². The summed E-state index contributed by atoms with van der Waals surface area (Å²) in [6, 6.07) is 10.3. The van der Waals surface area contributed by atoms with E-state index in [0.29, 0.717) is 30.9 Å². The average molecular weight is 497 g/mol. The summed E-state index contributed by atoms with van der Waals surface area (Å²) in [7, 11) is 0. The normalized spacial score (nSPS) is 23.6. The van der Waals surface area contributed by atoms with E-state index in [2.05, 4.69) is 25.8 Å². The van der Waals surface area contributed by atoms with E-state index in [1.807, 2.05) is 0 Å². The summed E-state index contributed by atoms with van der Waals surface area (Å²) in [6.45, 7) is 2.32. The molecule has 0 aliphatic carbocycles. The van der Waals surface area contributed by atoms with Gasteiger partial charge in [0.1, 0.15) is 5.82 Å². The van der Waals surface area contributed by atoms with Crippen LogP contribution in [-0.4, -0.2) is 72.4 Å². The summed E-state index contributed by atoms with van der Waals surface area (Å²) in [5.74, 6) is -2.10. The minimum Gasteiger partial charge on any atom is -0.392 e. The van der Waals surface area contributed by atoms with Crippen molar-refractivity contribution in [1.82, 2.24) is 15.5 Å². The third-order valence-corrected chi connectivity index (χ3v) is 6.48. The number of nitrogens with zero attached hydrogens (tertiary/aromatic N) is 2. The lowest BCUT2D eigenvalue weighted by atomic mass is 9.82. The number of hydrogen-bond acceptors (Lipinski definition) is 7. The molecule has 190 valence electrons. The fraction of sp³-hybridized carbons (Fsp3) is 0.360. The molecule has 3 amide bonds. The molecule has 11 heteroatoms. The number of amides is 3. The van der Waals surface area contributed by atoms with Crippen LogP contribution in [0.2, 0.25) is 0 Å². The Labute approximate surface area is 207 Å². The lowest BCUT2D eigenvalue weighted by Gasteiger charge is -2.32. The Bertz CT molecular complexity index is 1140. The Kier molecular flexibility index (Phi) is 7.61. The van der Waals surface area contributed by atoms with Gasteiger partial charge in [-0.3, -0.25) is 24.3 Å². The summed E-state index contributed by atoms with van der Waals surface area (Å²) in [4.78, 5) is 44.3. The van der Waals surface area contributed by atoms with Crippen LogP contribution in [0, 0.1) is 5.82 Å². The third-order valence-electron chi connectivity index (χ3n) is 6.48. The van der Waals surface area contributed by atoms with E-state index in [1.54, 1.807) is 24.3 Å². The molecule has 3 atom stereocenters. The average Bonchev–Trinajstić information content (AvgIpc) is 3.31. The van der Waals surface area contributed by atoms with Crippen LogP contribution in [0.15, 0.2) is 53.5 Å². The second kappa shape index (κ2) is 10.8. The maximum atomic E-state index is 13.1. The summed E-state index contributed by atoms with van der Waals surface area (Å²) >= 11 is 0. The number of carbonyl (C=O) groups is 3. The Morgan fingerprint density at radius 1 is 1.17 bits per heavy atom. The number of benzene rings is 2. The van der Waals surface area contributed by atoms with Crippen molar-refractivity contribution in [2.24, 2.45) is 10.7 Å². The molecule has 36 heavy (non-hydrogen) atoms. The standard InChI is InChI=1S/C25H29FN6O4/c26-18-7-3-16(4-8-18)22(34)31-19-9-5-17(6-10-19)25(24(27)36)21(29-15-30-25)23(35)28-11-13-32-12-1-2-20(33)14-32/h3-10,15,20-21,33H,1-2,11-14H2,(H2,27,36)(H,28,35)(H,29,30)(H,31,34). The molecule has 2 aromatic carbocycles. The number of anilines is 1. The molecule has 6 N–H and O–H groups in total. The van der Waals surface area contributed by atoms with Gasteiger partial charge >= 0.3 is 0 Å². The van der Waals surface area contributed by atoms with Gasteiger partial charge < -0.3 is 26.8 Å². The molecular formula is C25H29FN6O4. The molecule has 10 nitrogen and oxygen atoms in total. The highest BCUT2D eigenvalue weighted by Crippen LogP contribution is 2.31. The number of β-amino-alcohol motifs (C(OH)–C–C–N with tert-alkyl or cyclic N) is 1. The van der Waals surface area contributed by atoms with Crippen molar-refractivity contribution >= 4 is 29.7 Å². The van der Waals surface area contributed by atoms with Crippen LogP contribution in [0.3, 0.4) is 0 Å². The number of aliphatic imine (C=N–C) groups is 1. The SMILES string of the molecule is NC(=O)C1(c2ccc(NC(=O)c3ccc(F)cc3)cc2)NC=NC1C(=O)NCCN1CCCC(O)C1. The summed E-state index contributed by atoms with van der Waals surface area (Å²) in [6.07, 6.45) is 2.61. The molecule has 0 spiro atoms. The molecule has 1 fully saturated rings. The first-order valence-electron chi connectivity index (χ1n) is 11.7. The van der Waals surface area contributed by atoms with Crippen LogP contribution in [-0.2, 0) is 15.1 Å². The molecular weight excluding hydrogens is 467 g/mol. The van der Waals surface area contributed by atoms with Gasteiger partial charge in [0.2, 0.25) is 5.91 Å². The van der Waals surface area contributed by atoms with E-state index in [-0.39, 0.29) is 11.7 Å². The number of nitrogens with one attached hydrogen (secondary N) is 3. The Morgan fingerprint density at radius 2 is 1.89 bits per heavy atom. The maximum Gasteiger partial charge on any atom is 0.255 e.